The largest absolute Gasteiger partial charge is 0.245 e. The molecule has 1 nitrogen and oxygen atoms in total. The van der Waals surface area contributed by atoms with E-state index in [0.717, 1.165) is 21.9 Å². The van der Waals surface area contributed by atoms with Crippen molar-refractivity contribution in [1.29, 1.82) is 0 Å². The molecular formula is C9H7NS2. The quantitative estimate of drug-likeness (QED) is 0.636. The monoisotopic (exact) mass is 193 g/mol. The normalized spacial score (nSPS) is 16.3. The van der Waals surface area contributed by atoms with Crippen LogP contribution < -0.4 is 0 Å². The molecular weight excluding hydrogens is 186 g/mol. The lowest BCUT2D eigenvalue weighted by molar-refractivity contribution is 1.37. The topological polar surface area (TPSA) is 12.9 Å². The van der Waals surface area contributed by atoms with Gasteiger partial charge in [-0.3, -0.25) is 0 Å². The Bertz CT molecular complexity index is 347. The van der Waals surface area contributed by atoms with Crippen LogP contribution in [0.25, 0.3) is 5.57 Å². The molecule has 12 heavy (non-hydrogen) atoms. The standard InChI is InChI=1S/C9H7NS2/c11-8-4-2-1-3-7(8)9-10-5-6-12-9/h1-3,5-6H,4H2. The second kappa shape index (κ2) is 3.29. The van der Waals surface area contributed by atoms with Crippen molar-refractivity contribution in [3.63, 3.8) is 0 Å². The third-order valence-corrected chi connectivity index (χ3v) is 2.86. The molecule has 0 N–H and O–H groups in total. The first kappa shape index (κ1) is 7.83. The van der Waals surface area contributed by atoms with E-state index in [9.17, 15) is 0 Å². The highest BCUT2D eigenvalue weighted by molar-refractivity contribution is 7.81. The first-order valence-corrected chi connectivity index (χ1v) is 4.96. The highest BCUT2D eigenvalue weighted by Gasteiger charge is 2.10. The predicted octanol–water partition coefficient (Wildman–Crippen LogP) is 2.86. The fourth-order valence-electron chi connectivity index (χ4n) is 1.09. The Kier molecular flexibility index (Phi) is 2.15. The molecule has 0 saturated carbocycles. The molecule has 3 heteroatoms. The van der Waals surface area contributed by atoms with Gasteiger partial charge in [-0.1, -0.05) is 30.4 Å². The maximum atomic E-state index is 5.22. The van der Waals surface area contributed by atoms with Crippen LogP contribution in [0, 0.1) is 0 Å². The molecule has 1 aromatic rings. The maximum Gasteiger partial charge on any atom is 0.124 e. The maximum absolute atomic E-state index is 5.22. The van der Waals surface area contributed by atoms with Crippen molar-refractivity contribution in [2.75, 3.05) is 0 Å². The number of nitrogens with zero attached hydrogens (tertiary/aromatic N) is 1. The zero-order chi connectivity index (χ0) is 8.39. The van der Waals surface area contributed by atoms with Gasteiger partial charge in [0, 0.05) is 28.4 Å². The van der Waals surface area contributed by atoms with Gasteiger partial charge in [-0.15, -0.1) is 11.3 Å². The van der Waals surface area contributed by atoms with Crippen molar-refractivity contribution >= 4 is 34.0 Å². The van der Waals surface area contributed by atoms with Crippen molar-refractivity contribution < 1.29 is 0 Å². The van der Waals surface area contributed by atoms with Gasteiger partial charge in [-0.05, 0) is 0 Å². The van der Waals surface area contributed by atoms with Crippen LogP contribution in [0.4, 0.5) is 0 Å². The molecule has 0 saturated heterocycles. The van der Waals surface area contributed by atoms with Gasteiger partial charge in [-0.25, -0.2) is 4.98 Å². The zero-order valence-corrected chi connectivity index (χ0v) is 7.99. The van der Waals surface area contributed by atoms with Gasteiger partial charge in [0.05, 0.1) is 0 Å². The smallest absolute Gasteiger partial charge is 0.124 e. The molecule has 1 heterocycles. The van der Waals surface area contributed by atoms with E-state index in [1.54, 1.807) is 11.3 Å². The molecule has 1 aliphatic carbocycles. The van der Waals surface area contributed by atoms with E-state index in [2.05, 4.69) is 11.1 Å². The van der Waals surface area contributed by atoms with E-state index in [4.69, 9.17) is 12.2 Å². The van der Waals surface area contributed by atoms with Crippen LogP contribution in [-0.2, 0) is 0 Å². The minimum Gasteiger partial charge on any atom is -0.245 e. The lowest BCUT2D eigenvalue weighted by Gasteiger charge is -2.06. The van der Waals surface area contributed by atoms with E-state index in [1.165, 1.54) is 0 Å². The van der Waals surface area contributed by atoms with Crippen molar-refractivity contribution in [2.45, 2.75) is 6.42 Å². The van der Waals surface area contributed by atoms with Crippen molar-refractivity contribution in [2.24, 2.45) is 0 Å². The van der Waals surface area contributed by atoms with Crippen LogP contribution in [0.1, 0.15) is 11.4 Å². The predicted molar refractivity (Wildman–Crippen MR) is 56.4 cm³/mol. The summed E-state index contributed by atoms with van der Waals surface area (Å²) in [6, 6.07) is 0. The molecule has 0 bridgehead atoms. The van der Waals surface area contributed by atoms with E-state index in [1.807, 2.05) is 23.7 Å². The zero-order valence-electron chi connectivity index (χ0n) is 6.36. The van der Waals surface area contributed by atoms with Gasteiger partial charge in [0.1, 0.15) is 5.01 Å². The highest BCUT2D eigenvalue weighted by atomic mass is 32.1. The first-order valence-electron chi connectivity index (χ1n) is 3.68. The van der Waals surface area contributed by atoms with Crippen LogP contribution in [0.15, 0.2) is 29.8 Å². The van der Waals surface area contributed by atoms with E-state index in [0.29, 0.717) is 0 Å². The average molecular weight is 193 g/mol. The van der Waals surface area contributed by atoms with Gasteiger partial charge in [0.15, 0.2) is 0 Å². The van der Waals surface area contributed by atoms with Gasteiger partial charge in [0.25, 0.3) is 0 Å². The molecule has 0 aromatic carbocycles. The molecule has 60 valence electrons. The second-order valence-corrected chi connectivity index (χ2v) is 3.86. The SMILES string of the molecule is S=C1CC=CC=C1c1nccs1. The summed E-state index contributed by atoms with van der Waals surface area (Å²) >= 11 is 6.85. The number of thiocarbonyl (C=S) groups is 1. The molecule has 0 fully saturated rings. The molecule has 0 unspecified atom stereocenters. The summed E-state index contributed by atoms with van der Waals surface area (Å²) in [6.07, 6.45) is 8.82. The third-order valence-electron chi connectivity index (χ3n) is 1.67. The summed E-state index contributed by atoms with van der Waals surface area (Å²) in [5, 5.41) is 3.00. The Hall–Kier alpha value is -0.800. The highest BCUT2D eigenvalue weighted by Crippen LogP contribution is 2.23. The van der Waals surface area contributed by atoms with Gasteiger partial charge >= 0.3 is 0 Å². The molecule has 0 radical (unpaired) electrons. The Morgan fingerprint density at radius 3 is 3.08 bits per heavy atom. The number of hydrogen-bond acceptors (Lipinski definition) is 3. The summed E-state index contributed by atoms with van der Waals surface area (Å²) in [6.45, 7) is 0. The van der Waals surface area contributed by atoms with Crippen molar-refractivity contribution in [1.82, 2.24) is 4.98 Å². The first-order chi connectivity index (χ1) is 5.88. The van der Waals surface area contributed by atoms with Crippen molar-refractivity contribution in [3.8, 4) is 0 Å². The number of aromatic nitrogens is 1. The number of rotatable bonds is 1. The molecule has 2 rings (SSSR count). The fourth-order valence-corrected chi connectivity index (χ4v) is 2.11. The molecule has 0 aliphatic heterocycles. The summed E-state index contributed by atoms with van der Waals surface area (Å²) < 4.78 is 0. The summed E-state index contributed by atoms with van der Waals surface area (Å²) in [7, 11) is 0. The Morgan fingerprint density at radius 1 is 1.50 bits per heavy atom. The van der Waals surface area contributed by atoms with Crippen LogP contribution >= 0.6 is 23.6 Å². The Balaban J connectivity index is 2.40. The lowest BCUT2D eigenvalue weighted by Crippen LogP contribution is -1.99. The second-order valence-electron chi connectivity index (χ2n) is 2.47. The van der Waals surface area contributed by atoms with E-state index in [-0.39, 0.29) is 0 Å². The molecule has 0 atom stereocenters. The summed E-state index contributed by atoms with van der Waals surface area (Å²) in [4.78, 5) is 5.21. The minimum absolute atomic E-state index is 0.876. The van der Waals surface area contributed by atoms with E-state index >= 15 is 0 Å². The number of allylic oxidation sites excluding steroid dienone is 4. The minimum atomic E-state index is 0.876. The van der Waals surface area contributed by atoms with Crippen LogP contribution in [0.5, 0.6) is 0 Å². The number of hydrogen-bond donors (Lipinski definition) is 0. The third kappa shape index (κ3) is 1.38. The average Bonchev–Trinajstić information content (AvgIpc) is 2.57. The molecule has 0 spiro atoms. The molecule has 0 amide bonds. The van der Waals surface area contributed by atoms with Crippen LogP contribution in [0.3, 0.4) is 0 Å². The van der Waals surface area contributed by atoms with Crippen LogP contribution in [0.2, 0.25) is 0 Å². The Labute approximate surface area is 80.5 Å². The van der Waals surface area contributed by atoms with Gasteiger partial charge in [-0.2, -0.15) is 0 Å². The van der Waals surface area contributed by atoms with Crippen LogP contribution in [-0.4, -0.2) is 9.85 Å². The van der Waals surface area contributed by atoms with Gasteiger partial charge in [0.2, 0.25) is 0 Å². The summed E-state index contributed by atoms with van der Waals surface area (Å²) in [5.41, 5.74) is 1.11. The Morgan fingerprint density at radius 2 is 2.42 bits per heavy atom. The lowest BCUT2D eigenvalue weighted by atomic mass is 10.1. The van der Waals surface area contributed by atoms with Gasteiger partial charge < -0.3 is 0 Å². The number of thiazole rings is 1. The molecule has 1 aromatic heterocycles. The molecule has 1 aliphatic rings. The fraction of sp³-hybridized carbons (Fsp3) is 0.111. The van der Waals surface area contributed by atoms with E-state index < -0.39 is 0 Å². The summed E-state index contributed by atoms with van der Waals surface area (Å²) in [5.74, 6) is 0. The van der Waals surface area contributed by atoms with Crippen molar-refractivity contribution in [3.05, 3.63) is 34.8 Å².